The Morgan fingerprint density at radius 2 is 2.06 bits per heavy atom. The summed E-state index contributed by atoms with van der Waals surface area (Å²) in [7, 11) is 0. The Morgan fingerprint density at radius 3 is 2.72 bits per heavy atom. The van der Waals surface area contributed by atoms with Crippen molar-refractivity contribution in [2.45, 2.75) is 40.2 Å². The molecule has 0 saturated heterocycles. The summed E-state index contributed by atoms with van der Waals surface area (Å²) >= 11 is 1.60. The molecule has 0 saturated carbocycles. The van der Waals surface area contributed by atoms with Crippen LogP contribution in [-0.2, 0) is 19.4 Å². The highest BCUT2D eigenvalue weighted by Gasteiger charge is 2.11. The molecule has 2 heterocycles. The monoisotopic (exact) mass is 265 g/mol. The molecule has 0 unspecified atom stereocenters. The number of aromatic nitrogens is 4. The minimum Gasteiger partial charge on any atom is -0.311 e. The number of nitrogens with zero attached hydrogens (tertiary/aromatic N) is 4. The van der Waals surface area contributed by atoms with Crippen molar-refractivity contribution in [2.24, 2.45) is 0 Å². The van der Waals surface area contributed by atoms with Gasteiger partial charge in [0, 0.05) is 12.2 Å². The molecule has 0 aliphatic rings. The molecule has 2 rings (SSSR count). The van der Waals surface area contributed by atoms with Gasteiger partial charge in [-0.25, -0.2) is 4.68 Å². The van der Waals surface area contributed by atoms with E-state index in [0.29, 0.717) is 0 Å². The third-order valence-corrected chi connectivity index (χ3v) is 3.62. The molecule has 0 atom stereocenters. The van der Waals surface area contributed by atoms with Crippen LogP contribution >= 0.6 is 11.3 Å². The molecule has 0 fully saturated rings. The summed E-state index contributed by atoms with van der Waals surface area (Å²) in [6.45, 7) is 8.04. The van der Waals surface area contributed by atoms with Gasteiger partial charge in [0.05, 0.1) is 5.69 Å². The van der Waals surface area contributed by atoms with E-state index in [-0.39, 0.29) is 0 Å². The molecule has 0 spiro atoms. The number of aryl methyl sites for hydroxylation is 2. The van der Waals surface area contributed by atoms with Crippen LogP contribution in [0.15, 0.2) is 6.07 Å². The highest BCUT2D eigenvalue weighted by Crippen LogP contribution is 2.18. The molecular formula is C12H19N5S. The van der Waals surface area contributed by atoms with Crippen molar-refractivity contribution in [2.75, 3.05) is 6.54 Å². The first-order valence-corrected chi connectivity index (χ1v) is 7.21. The second-order valence-corrected chi connectivity index (χ2v) is 5.05. The Bertz CT molecular complexity index is 502. The minimum absolute atomic E-state index is 0.775. The van der Waals surface area contributed by atoms with Gasteiger partial charge in [-0.15, -0.1) is 10.2 Å². The summed E-state index contributed by atoms with van der Waals surface area (Å²) in [4.78, 5) is 0. The Balaban J connectivity index is 2.24. The molecule has 0 aromatic carbocycles. The van der Waals surface area contributed by atoms with Gasteiger partial charge in [0.15, 0.2) is 0 Å². The Labute approximate surface area is 111 Å². The van der Waals surface area contributed by atoms with Crippen LogP contribution in [0.4, 0.5) is 0 Å². The van der Waals surface area contributed by atoms with Gasteiger partial charge in [-0.05, 0) is 25.5 Å². The maximum absolute atomic E-state index is 4.57. The van der Waals surface area contributed by atoms with E-state index in [1.165, 1.54) is 5.69 Å². The standard InChI is InChI=1S/C12H19N5S/c1-4-9-7-10(5-2)17(16-9)12-15-14-11(18-12)8-13-6-3/h7,13H,4-6,8H2,1-3H3. The zero-order valence-corrected chi connectivity index (χ0v) is 11.9. The van der Waals surface area contributed by atoms with Gasteiger partial charge >= 0.3 is 0 Å². The number of rotatable bonds is 6. The fraction of sp³-hybridized carbons (Fsp3) is 0.583. The Hall–Kier alpha value is -1.27. The summed E-state index contributed by atoms with van der Waals surface area (Å²) in [6, 6.07) is 2.14. The highest BCUT2D eigenvalue weighted by molar-refractivity contribution is 7.13. The fourth-order valence-electron chi connectivity index (χ4n) is 1.70. The molecule has 18 heavy (non-hydrogen) atoms. The number of nitrogens with one attached hydrogen (secondary N) is 1. The fourth-order valence-corrected chi connectivity index (χ4v) is 2.49. The molecule has 0 amide bonds. The van der Waals surface area contributed by atoms with Gasteiger partial charge < -0.3 is 5.32 Å². The van der Waals surface area contributed by atoms with Crippen molar-refractivity contribution >= 4 is 11.3 Å². The summed E-state index contributed by atoms with van der Waals surface area (Å²) in [5.74, 6) is 0. The molecule has 98 valence electrons. The maximum atomic E-state index is 4.57. The van der Waals surface area contributed by atoms with E-state index in [4.69, 9.17) is 0 Å². The molecule has 2 aromatic heterocycles. The predicted molar refractivity (Wildman–Crippen MR) is 73.2 cm³/mol. The first kappa shape index (κ1) is 13.2. The van der Waals surface area contributed by atoms with Crippen molar-refractivity contribution in [3.63, 3.8) is 0 Å². The topological polar surface area (TPSA) is 55.6 Å². The normalized spacial score (nSPS) is 11.1. The van der Waals surface area contributed by atoms with Gasteiger partial charge in [0.25, 0.3) is 0 Å². The molecule has 5 nitrogen and oxygen atoms in total. The Kier molecular flexibility index (Phi) is 4.43. The summed E-state index contributed by atoms with van der Waals surface area (Å²) < 4.78 is 1.92. The van der Waals surface area contributed by atoms with E-state index in [1.54, 1.807) is 11.3 Å². The third-order valence-electron chi connectivity index (χ3n) is 2.72. The van der Waals surface area contributed by atoms with Gasteiger partial charge in [-0.2, -0.15) is 5.10 Å². The SMILES string of the molecule is CCNCc1nnc(-n2nc(CC)cc2CC)s1. The molecule has 6 heteroatoms. The molecule has 0 aliphatic heterocycles. The van der Waals surface area contributed by atoms with Crippen LogP contribution < -0.4 is 5.32 Å². The lowest BCUT2D eigenvalue weighted by molar-refractivity contribution is 0.712. The van der Waals surface area contributed by atoms with Crippen molar-refractivity contribution in [1.29, 1.82) is 0 Å². The van der Waals surface area contributed by atoms with Gasteiger partial charge in [-0.3, -0.25) is 0 Å². The molecular weight excluding hydrogens is 246 g/mol. The van der Waals surface area contributed by atoms with Crippen LogP contribution in [0.25, 0.3) is 5.13 Å². The predicted octanol–water partition coefficient (Wildman–Crippen LogP) is 1.96. The average molecular weight is 265 g/mol. The van der Waals surface area contributed by atoms with Crippen molar-refractivity contribution in [3.05, 3.63) is 22.5 Å². The molecule has 0 bridgehead atoms. The van der Waals surface area contributed by atoms with Crippen LogP contribution in [0.1, 0.15) is 37.2 Å². The lowest BCUT2D eigenvalue weighted by Crippen LogP contribution is -2.11. The van der Waals surface area contributed by atoms with Crippen LogP contribution in [0.3, 0.4) is 0 Å². The quantitative estimate of drug-likeness (QED) is 0.867. The highest BCUT2D eigenvalue weighted by atomic mass is 32.1. The molecule has 1 N–H and O–H groups in total. The molecule has 2 aromatic rings. The van der Waals surface area contributed by atoms with Crippen LogP contribution in [0.5, 0.6) is 0 Å². The lowest BCUT2D eigenvalue weighted by atomic mass is 10.3. The van der Waals surface area contributed by atoms with Crippen molar-refractivity contribution in [3.8, 4) is 5.13 Å². The molecule has 0 radical (unpaired) electrons. The van der Waals surface area contributed by atoms with Gasteiger partial charge in [0.2, 0.25) is 5.13 Å². The first-order chi connectivity index (χ1) is 8.78. The van der Waals surface area contributed by atoms with Crippen molar-refractivity contribution < 1.29 is 0 Å². The summed E-state index contributed by atoms with van der Waals surface area (Å²) in [6.07, 6.45) is 1.90. The molecule has 0 aliphatic carbocycles. The second kappa shape index (κ2) is 6.06. The van der Waals surface area contributed by atoms with E-state index >= 15 is 0 Å². The largest absolute Gasteiger partial charge is 0.311 e. The van der Waals surface area contributed by atoms with Gasteiger partial charge in [-0.1, -0.05) is 32.1 Å². The van der Waals surface area contributed by atoms with Gasteiger partial charge in [0.1, 0.15) is 5.01 Å². The van der Waals surface area contributed by atoms with Crippen LogP contribution in [0, 0.1) is 0 Å². The second-order valence-electron chi connectivity index (χ2n) is 4.00. The number of hydrogen-bond acceptors (Lipinski definition) is 5. The van der Waals surface area contributed by atoms with E-state index in [9.17, 15) is 0 Å². The number of hydrogen-bond donors (Lipinski definition) is 1. The maximum Gasteiger partial charge on any atom is 0.233 e. The van der Waals surface area contributed by atoms with Crippen molar-refractivity contribution in [1.82, 2.24) is 25.3 Å². The lowest BCUT2D eigenvalue weighted by Gasteiger charge is -1.99. The third kappa shape index (κ3) is 2.76. The Morgan fingerprint density at radius 1 is 1.22 bits per heavy atom. The summed E-state index contributed by atoms with van der Waals surface area (Å²) in [5, 5.41) is 18.1. The van der Waals surface area contributed by atoms with E-state index in [1.807, 2.05) is 4.68 Å². The van der Waals surface area contributed by atoms with Crippen LogP contribution in [0.2, 0.25) is 0 Å². The smallest absolute Gasteiger partial charge is 0.233 e. The minimum atomic E-state index is 0.775. The zero-order valence-electron chi connectivity index (χ0n) is 11.1. The van der Waals surface area contributed by atoms with Crippen LogP contribution in [-0.4, -0.2) is 26.5 Å². The van der Waals surface area contributed by atoms with E-state index < -0.39 is 0 Å². The first-order valence-electron chi connectivity index (χ1n) is 6.39. The summed E-state index contributed by atoms with van der Waals surface area (Å²) in [5.41, 5.74) is 2.30. The van der Waals surface area contributed by atoms with E-state index in [2.05, 4.69) is 47.5 Å². The average Bonchev–Trinajstić information content (AvgIpc) is 3.02. The zero-order chi connectivity index (χ0) is 13.0. The van der Waals surface area contributed by atoms with E-state index in [0.717, 1.165) is 41.8 Å².